The quantitative estimate of drug-likeness (QED) is 0.307. The number of aryl methyl sites for hydroxylation is 1. The lowest BCUT2D eigenvalue weighted by Gasteiger charge is -2.00. The van der Waals surface area contributed by atoms with Crippen LogP contribution in [0.5, 0.6) is 0 Å². The minimum absolute atomic E-state index is 0.00576. The lowest BCUT2D eigenvalue weighted by molar-refractivity contribution is -0.384. The molecule has 0 aliphatic heterocycles. The number of thiazole rings is 1. The molecule has 0 fully saturated rings. The molecule has 156 valence electrons. The number of carbonyl (C=O) groups excluding carboxylic acids is 1. The third kappa shape index (κ3) is 4.93. The van der Waals surface area contributed by atoms with Gasteiger partial charge in [-0.2, -0.15) is 4.98 Å². The third-order valence-electron chi connectivity index (χ3n) is 4.27. The van der Waals surface area contributed by atoms with Crippen molar-refractivity contribution >= 4 is 39.7 Å². The lowest BCUT2D eigenvalue weighted by Crippen LogP contribution is -2.12. The maximum Gasteiger partial charge on any atom is 0.269 e. The second-order valence-electron chi connectivity index (χ2n) is 6.38. The molecular weight excluding hydrogens is 442 g/mol. The Morgan fingerprint density at radius 2 is 1.94 bits per heavy atom. The van der Waals surface area contributed by atoms with Gasteiger partial charge in [0, 0.05) is 41.5 Å². The topological polar surface area (TPSA) is 124 Å². The van der Waals surface area contributed by atoms with E-state index >= 15 is 0 Å². The van der Waals surface area contributed by atoms with Gasteiger partial charge in [-0.3, -0.25) is 14.9 Å². The minimum atomic E-state index is -0.461. The SMILES string of the molecule is O=C(CCc1nc(-c2ccccc2Cl)no1)Nc1nc(-c2ccc([N+](=O)[O-])cc2)cs1. The number of nitro groups is 1. The van der Waals surface area contributed by atoms with Crippen molar-refractivity contribution in [1.29, 1.82) is 0 Å². The number of benzene rings is 2. The first kappa shape index (κ1) is 20.6. The molecule has 9 nitrogen and oxygen atoms in total. The van der Waals surface area contributed by atoms with Crippen molar-refractivity contribution in [2.45, 2.75) is 12.8 Å². The lowest BCUT2D eigenvalue weighted by atomic mass is 10.1. The van der Waals surface area contributed by atoms with E-state index in [-0.39, 0.29) is 24.4 Å². The first-order valence-electron chi connectivity index (χ1n) is 9.07. The molecule has 0 spiro atoms. The molecule has 4 rings (SSSR count). The second-order valence-corrected chi connectivity index (χ2v) is 7.65. The number of rotatable bonds is 7. The smallest absolute Gasteiger partial charge is 0.269 e. The minimum Gasteiger partial charge on any atom is -0.339 e. The van der Waals surface area contributed by atoms with Crippen LogP contribution in [0, 0.1) is 10.1 Å². The fourth-order valence-electron chi connectivity index (χ4n) is 2.73. The van der Waals surface area contributed by atoms with E-state index in [9.17, 15) is 14.9 Å². The summed E-state index contributed by atoms with van der Waals surface area (Å²) in [7, 11) is 0. The zero-order valence-corrected chi connectivity index (χ0v) is 17.4. The zero-order chi connectivity index (χ0) is 21.8. The van der Waals surface area contributed by atoms with E-state index in [2.05, 4.69) is 20.4 Å². The molecule has 0 aliphatic rings. The highest BCUT2D eigenvalue weighted by molar-refractivity contribution is 7.14. The normalized spacial score (nSPS) is 10.7. The van der Waals surface area contributed by atoms with Crippen molar-refractivity contribution in [3.63, 3.8) is 0 Å². The van der Waals surface area contributed by atoms with Crippen molar-refractivity contribution in [3.05, 3.63) is 74.9 Å². The largest absolute Gasteiger partial charge is 0.339 e. The van der Waals surface area contributed by atoms with Gasteiger partial charge in [0.25, 0.3) is 5.69 Å². The predicted octanol–water partition coefficient (Wildman–Crippen LogP) is 4.99. The number of hydrogen-bond acceptors (Lipinski definition) is 8. The van der Waals surface area contributed by atoms with E-state index in [0.29, 0.717) is 33.1 Å². The number of nitrogens with zero attached hydrogens (tertiary/aromatic N) is 4. The summed E-state index contributed by atoms with van der Waals surface area (Å²) in [5.74, 6) is 0.451. The number of amides is 1. The van der Waals surface area contributed by atoms with Gasteiger partial charge in [-0.1, -0.05) is 28.9 Å². The summed E-state index contributed by atoms with van der Waals surface area (Å²) >= 11 is 7.40. The van der Waals surface area contributed by atoms with Crippen molar-refractivity contribution in [2.24, 2.45) is 0 Å². The van der Waals surface area contributed by atoms with Gasteiger partial charge in [0.05, 0.1) is 15.6 Å². The average Bonchev–Trinajstić information content (AvgIpc) is 3.42. The highest BCUT2D eigenvalue weighted by Gasteiger charge is 2.14. The van der Waals surface area contributed by atoms with Gasteiger partial charge in [-0.25, -0.2) is 4.98 Å². The van der Waals surface area contributed by atoms with E-state index in [0.717, 1.165) is 5.56 Å². The Balaban J connectivity index is 1.34. The van der Waals surface area contributed by atoms with E-state index < -0.39 is 4.92 Å². The predicted molar refractivity (Wildman–Crippen MR) is 116 cm³/mol. The molecule has 0 bridgehead atoms. The van der Waals surface area contributed by atoms with Crippen LogP contribution in [-0.2, 0) is 11.2 Å². The molecule has 0 unspecified atom stereocenters. The number of hydrogen-bond donors (Lipinski definition) is 1. The monoisotopic (exact) mass is 455 g/mol. The summed E-state index contributed by atoms with van der Waals surface area (Å²) in [5.41, 5.74) is 2.01. The fraction of sp³-hybridized carbons (Fsp3) is 0.100. The van der Waals surface area contributed by atoms with E-state index in [1.807, 2.05) is 12.1 Å². The van der Waals surface area contributed by atoms with Crippen LogP contribution in [0.25, 0.3) is 22.6 Å². The van der Waals surface area contributed by atoms with Gasteiger partial charge < -0.3 is 9.84 Å². The molecule has 0 saturated heterocycles. The molecule has 2 aromatic heterocycles. The summed E-state index contributed by atoms with van der Waals surface area (Å²) in [6.07, 6.45) is 0.403. The number of carbonyl (C=O) groups is 1. The van der Waals surface area contributed by atoms with Gasteiger partial charge in [-0.05, 0) is 24.3 Å². The second kappa shape index (κ2) is 9.02. The zero-order valence-electron chi connectivity index (χ0n) is 15.8. The maximum absolute atomic E-state index is 12.3. The highest BCUT2D eigenvalue weighted by atomic mass is 35.5. The molecular formula is C20H14ClN5O4S. The summed E-state index contributed by atoms with van der Waals surface area (Å²) < 4.78 is 5.20. The summed E-state index contributed by atoms with van der Waals surface area (Å²) in [5, 5.41) is 20.1. The maximum atomic E-state index is 12.3. The van der Waals surface area contributed by atoms with Crippen molar-refractivity contribution in [3.8, 4) is 22.6 Å². The van der Waals surface area contributed by atoms with Crippen molar-refractivity contribution < 1.29 is 14.2 Å². The fourth-order valence-corrected chi connectivity index (χ4v) is 3.68. The number of nitro benzene ring substituents is 1. The van der Waals surface area contributed by atoms with Gasteiger partial charge in [-0.15, -0.1) is 11.3 Å². The molecule has 0 saturated carbocycles. The Bertz CT molecular complexity index is 1240. The van der Waals surface area contributed by atoms with Gasteiger partial charge in [0.2, 0.25) is 17.6 Å². The van der Waals surface area contributed by atoms with Crippen LogP contribution in [0.4, 0.5) is 10.8 Å². The van der Waals surface area contributed by atoms with Gasteiger partial charge in [0.15, 0.2) is 5.13 Å². The number of aromatic nitrogens is 3. The van der Waals surface area contributed by atoms with E-state index in [1.54, 1.807) is 29.6 Å². The number of anilines is 1. The van der Waals surface area contributed by atoms with Crippen LogP contribution >= 0.6 is 22.9 Å². The molecule has 11 heteroatoms. The van der Waals surface area contributed by atoms with Gasteiger partial charge in [0.1, 0.15) is 0 Å². The molecule has 2 aromatic carbocycles. The molecule has 4 aromatic rings. The molecule has 1 amide bonds. The average molecular weight is 456 g/mol. The molecule has 0 atom stereocenters. The summed E-state index contributed by atoms with van der Waals surface area (Å²) in [4.78, 5) is 31.2. The molecule has 0 aliphatic carbocycles. The Morgan fingerprint density at radius 1 is 1.16 bits per heavy atom. The van der Waals surface area contributed by atoms with Crippen LogP contribution in [-0.4, -0.2) is 26.0 Å². The first-order valence-corrected chi connectivity index (χ1v) is 10.3. The van der Waals surface area contributed by atoms with Crippen LogP contribution in [0.2, 0.25) is 5.02 Å². The summed E-state index contributed by atoms with van der Waals surface area (Å²) in [6, 6.07) is 13.2. The molecule has 31 heavy (non-hydrogen) atoms. The molecule has 2 heterocycles. The van der Waals surface area contributed by atoms with Crippen LogP contribution < -0.4 is 5.32 Å². The van der Waals surface area contributed by atoms with E-state index in [4.69, 9.17) is 16.1 Å². The first-order chi connectivity index (χ1) is 15.0. The van der Waals surface area contributed by atoms with Crippen LogP contribution in [0.1, 0.15) is 12.3 Å². The van der Waals surface area contributed by atoms with Crippen LogP contribution in [0.3, 0.4) is 0 Å². The Kier molecular flexibility index (Phi) is 6.01. The Hall–Kier alpha value is -3.63. The van der Waals surface area contributed by atoms with Crippen LogP contribution in [0.15, 0.2) is 58.4 Å². The number of halogens is 1. The highest BCUT2D eigenvalue weighted by Crippen LogP contribution is 2.27. The van der Waals surface area contributed by atoms with Crippen molar-refractivity contribution in [1.82, 2.24) is 15.1 Å². The van der Waals surface area contributed by atoms with Crippen molar-refractivity contribution in [2.75, 3.05) is 5.32 Å². The summed E-state index contributed by atoms with van der Waals surface area (Å²) in [6.45, 7) is 0. The molecule has 0 radical (unpaired) electrons. The Morgan fingerprint density at radius 3 is 2.68 bits per heavy atom. The number of nitrogens with one attached hydrogen (secondary N) is 1. The standard InChI is InChI=1S/C20H14ClN5O4S/c21-15-4-2-1-3-14(15)19-24-18(30-25-19)10-9-17(27)23-20-22-16(11-31-20)12-5-7-13(8-6-12)26(28)29/h1-8,11H,9-10H2,(H,22,23,27). The van der Waals surface area contributed by atoms with Gasteiger partial charge >= 0.3 is 0 Å². The van der Waals surface area contributed by atoms with E-state index in [1.165, 1.54) is 23.5 Å². The third-order valence-corrected chi connectivity index (χ3v) is 5.36. The Labute approximate surface area is 184 Å². The molecule has 1 N–H and O–H groups in total. The number of non-ortho nitro benzene ring substituents is 1.